The quantitative estimate of drug-likeness (QED) is 0.944. The molecule has 4 nitrogen and oxygen atoms in total. The number of aliphatic hydroxyl groups excluding tert-OH is 1. The van der Waals surface area contributed by atoms with Crippen LogP contribution in [-0.2, 0) is 4.79 Å². The molecule has 0 spiro atoms. The number of amides is 1. The smallest absolute Gasteiger partial charge is 0.257 e. The second kappa shape index (κ2) is 7.14. The first-order chi connectivity index (χ1) is 11.6. The number of nitrogens with zero attached hydrogens (tertiary/aromatic N) is 2. The molecule has 1 unspecified atom stereocenters. The number of hydrogen-bond acceptors (Lipinski definition) is 3. The molecule has 1 aliphatic rings. The molecule has 1 N–H and O–H groups in total. The molecule has 1 aromatic heterocycles. The molecule has 1 saturated heterocycles. The molecular weight excluding hydrogens is 300 g/mol. The number of pyridine rings is 1. The lowest BCUT2D eigenvalue weighted by Gasteiger charge is -2.34. The third kappa shape index (κ3) is 3.49. The molecule has 1 aliphatic heterocycles. The maximum absolute atomic E-state index is 12.5. The van der Waals surface area contributed by atoms with Crippen LogP contribution in [0.1, 0.15) is 47.2 Å². The molecule has 1 fully saturated rings. The number of carbonyl (C=O) groups is 1. The fraction of sp³-hybridized carbons (Fsp3) is 0.400. The van der Waals surface area contributed by atoms with E-state index in [4.69, 9.17) is 0 Å². The summed E-state index contributed by atoms with van der Waals surface area (Å²) >= 11 is 0. The summed E-state index contributed by atoms with van der Waals surface area (Å²) in [5, 5.41) is 10.3. The number of piperidine rings is 1. The van der Waals surface area contributed by atoms with Gasteiger partial charge in [-0.15, -0.1) is 0 Å². The maximum Gasteiger partial charge on any atom is 0.257 e. The highest BCUT2D eigenvalue weighted by molar-refractivity contribution is 5.81. The highest BCUT2D eigenvalue weighted by Crippen LogP contribution is 2.31. The van der Waals surface area contributed by atoms with Gasteiger partial charge in [0, 0.05) is 19.3 Å². The van der Waals surface area contributed by atoms with E-state index < -0.39 is 6.10 Å². The van der Waals surface area contributed by atoms with Gasteiger partial charge in [-0.1, -0.05) is 29.8 Å². The van der Waals surface area contributed by atoms with Crippen molar-refractivity contribution in [3.8, 4) is 0 Å². The first kappa shape index (κ1) is 16.7. The summed E-state index contributed by atoms with van der Waals surface area (Å²) in [4.78, 5) is 18.3. The Balaban J connectivity index is 1.64. The zero-order valence-corrected chi connectivity index (χ0v) is 14.3. The van der Waals surface area contributed by atoms with Crippen LogP contribution in [0.25, 0.3) is 0 Å². The van der Waals surface area contributed by atoms with Crippen LogP contribution in [0, 0.1) is 13.8 Å². The minimum absolute atomic E-state index is 0.242. The van der Waals surface area contributed by atoms with E-state index >= 15 is 0 Å². The Hall–Kier alpha value is -2.20. The predicted octanol–water partition coefficient (Wildman–Crippen LogP) is 3.14. The van der Waals surface area contributed by atoms with Crippen molar-refractivity contribution in [3.63, 3.8) is 0 Å². The SMILES string of the molecule is Cc1ccc(C)c(C2CCN(C(=O)C(O)c3ccccn3)CC2)c1. The van der Waals surface area contributed by atoms with Gasteiger partial charge in [-0.25, -0.2) is 0 Å². The van der Waals surface area contributed by atoms with Crippen LogP contribution in [-0.4, -0.2) is 34.0 Å². The molecule has 2 heterocycles. The monoisotopic (exact) mass is 324 g/mol. The molecular formula is C20H24N2O2. The molecule has 0 radical (unpaired) electrons. The number of aromatic nitrogens is 1. The van der Waals surface area contributed by atoms with Gasteiger partial charge in [0.25, 0.3) is 5.91 Å². The zero-order chi connectivity index (χ0) is 17.1. The second-order valence-electron chi connectivity index (χ2n) is 6.62. The Morgan fingerprint density at radius 2 is 1.96 bits per heavy atom. The van der Waals surface area contributed by atoms with E-state index in [0.717, 1.165) is 12.8 Å². The lowest BCUT2D eigenvalue weighted by atomic mass is 9.86. The molecule has 0 aliphatic carbocycles. The largest absolute Gasteiger partial charge is 0.377 e. The number of rotatable bonds is 3. The van der Waals surface area contributed by atoms with Crippen molar-refractivity contribution in [2.45, 2.75) is 38.7 Å². The number of likely N-dealkylation sites (tertiary alicyclic amines) is 1. The van der Waals surface area contributed by atoms with E-state index in [-0.39, 0.29) is 5.91 Å². The Bertz CT molecular complexity index is 707. The molecule has 1 atom stereocenters. The predicted molar refractivity (Wildman–Crippen MR) is 93.7 cm³/mol. The third-order valence-electron chi connectivity index (χ3n) is 4.88. The normalized spacial score (nSPS) is 16.9. The van der Waals surface area contributed by atoms with E-state index in [2.05, 4.69) is 37.0 Å². The number of carbonyl (C=O) groups excluding carboxylic acids is 1. The van der Waals surface area contributed by atoms with Gasteiger partial charge in [0.05, 0.1) is 5.69 Å². The highest BCUT2D eigenvalue weighted by Gasteiger charge is 2.29. The van der Waals surface area contributed by atoms with Crippen LogP contribution < -0.4 is 0 Å². The standard InChI is InChI=1S/C20H24N2O2/c1-14-6-7-15(2)17(13-14)16-8-11-22(12-9-16)20(24)19(23)18-5-3-4-10-21-18/h3-7,10,13,16,19,23H,8-9,11-12H2,1-2H3. The highest BCUT2D eigenvalue weighted by atomic mass is 16.3. The summed E-state index contributed by atoms with van der Waals surface area (Å²) in [6, 6.07) is 11.8. The number of aryl methyl sites for hydroxylation is 2. The molecule has 1 amide bonds. The molecule has 0 bridgehead atoms. The van der Waals surface area contributed by atoms with Gasteiger partial charge in [0.2, 0.25) is 0 Å². The maximum atomic E-state index is 12.5. The fourth-order valence-corrected chi connectivity index (χ4v) is 3.45. The van der Waals surface area contributed by atoms with Gasteiger partial charge in [-0.05, 0) is 55.9 Å². The van der Waals surface area contributed by atoms with Gasteiger partial charge < -0.3 is 10.0 Å². The Kier molecular flexibility index (Phi) is 4.95. The van der Waals surface area contributed by atoms with Crippen LogP contribution in [0.2, 0.25) is 0 Å². The molecule has 24 heavy (non-hydrogen) atoms. The topological polar surface area (TPSA) is 53.4 Å². The van der Waals surface area contributed by atoms with Gasteiger partial charge in [-0.2, -0.15) is 0 Å². The summed E-state index contributed by atoms with van der Waals surface area (Å²) in [6.45, 7) is 5.63. The molecule has 4 heteroatoms. The van der Waals surface area contributed by atoms with Crippen molar-refractivity contribution in [2.75, 3.05) is 13.1 Å². The van der Waals surface area contributed by atoms with Gasteiger partial charge >= 0.3 is 0 Å². The van der Waals surface area contributed by atoms with Crippen molar-refractivity contribution < 1.29 is 9.90 Å². The lowest BCUT2D eigenvalue weighted by molar-refractivity contribution is -0.141. The van der Waals surface area contributed by atoms with E-state index in [0.29, 0.717) is 24.7 Å². The van der Waals surface area contributed by atoms with E-state index in [9.17, 15) is 9.90 Å². The summed E-state index contributed by atoms with van der Waals surface area (Å²) < 4.78 is 0. The number of hydrogen-bond donors (Lipinski definition) is 1. The second-order valence-corrected chi connectivity index (χ2v) is 6.62. The van der Waals surface area contributed by atoms with Crippen molar-refractivity contribution in [1.29, 1.82) is 0 Å². The van der Waals surface area contributed by atoms with Crippen molar-refractivity contribution in [1.82, 2.24) is 9.88 Å². The van der Waals surface area contributed by atoms with Crippen LogP contribution in [0.15, 0.2) is 42.6 Å². The minimum Gasteiger partial charge on any atom is -0.377 e. The van der Waals surface area contributed by atoms with Gasteiger partial charge in [-0.3, -0.25) is 9.78 Å². The average molecular weight is 324 g/mol. The zero-order valence-electron chi connectivity index (χ0n) is 14.3. The van der Waals surface area contributed by atoms with Crippen LogP contribution in [0.5, 0.6) is 0 Å². The number of aliphatic hydroxyl groups is 1. The first-order valence-electron chi connectivity index (χ1n) is 8.51. The van der Waals surface area contributed by atoms with Crippen molar-refractivity contribution >= 4 is 5.91 Å². The van der Waals surface area contributed by atoms with E-state index in [1.807, 2.05) is 0 Å². The average Bonchev–Trinajstić information content (AvgIpc) is 2.63. The fourth-order valence-electron chi connectivity index (χ4n) is 3.45. The lowest BCUT2D eigenvalue weighted by Crippen LogP contribution is -2.41. The summed E-state index contributed by atoms with van der Waals surface area (Å²) in [5.74, 6) is 0.244. The van der Waals surface area contributed by atoms with E-state index in [1.165, 1.54) is 16.7 Å². The molecule has 0 saturated carbocycles. The molecule has 2 aromatic rings. The van der Waals surface area contributed by atoms with E-state index in [1.54, 1.807) is 29.3 Å². The summed E-state index contributed by atoms with van der Waals surface area (Å²) in [7, 11) is 0. The molecule has 126 valence electrons. The Morgan fingerprint density at radius 3 is 2.62 bits per heavy atom. The summed E-state index contributed by atoms with van der Waals surface area (Å²) in [6.07, 6.45) is 2.30. The van der Waals surface area contributed by atoms with Gasteiger partial charge in [0.1, 0.15) is 0 Å². The minimum atomic E-state index is -1.16. The molecule has 3 rings (SSSR count). The Morgan fingerprint density at radius 1 is 1.21 bits per heavy atom. The summed E-state index contributed by atoms with van der Waals surface area (Å²) in [5.41, 5.74) is 4.41. The van der Waals surface area contributed by atoms with Crippen molar-refractivity contribution in [2.24, 2.45) is 0 Å². The van der Waals surface area contributed by atoms with Crippen molar-refractivity contribution in [3.05, 3.63) is 65.0 Å². The first-order valence-corrected chi connectivity index (χ1v) is 8.51. The van der Waals surface area contributed by atoms with Gasteiger partial charge in [0.15, 0.2) is 6.10 Å². The number of benzene rings is 1. The van der Waals surface area contributed by atoms with Crippen LogP contribution in [0.3, 0.4) is 0 Å². The Labute approximate surface area is 143 Å². The van der Waals surface area contributed by atoms with Crippen LogP contribution in [0.4, 0.5) is 0 Å². The third-order valence-corrected chi connectivity index (χ3v) is 4.88. The molecule has 1 aromatic carbocycles. The van der Waals surface area contributed by atoms with Crippen LogP contribution >= 0.6 is 0 Å².